The second kappa shape index (κ2) is 7.26. The van der Waals surface area contributed by atoms with Gasteiger partial charge in [-0.15, -0.1) is 0 Å². The van der Waals surface area contributed by atoms with Crippen molar-refractivity contribution in [3.05, 3.63) is 53.1 Å². The Bertz CT molecular complexity index is 944. The smallest absolute Gasteiger partial charge is 0.405 e. The highest BCUT2D eigenvalue weighted by Gasteiger charge is 2.33. The van der Waals surface area contributed by atoms with Crippen LogP contribution in [-0.4, -0.2) is 53.6 Å². The maximum absolute atomic E-state index is 12.1. The first kappa shape index (κ1) is 18.5. The monoisotopic (exact) mass is 407 g/mol. The molecule has 1 saturated heterocycles. The Hall–Kier alpha value is -1.89. The van der Waals surface area contributed by atoms with Gasteiger partial charge < -0.3 is 19.1 Å². The van der Waals surface area contributed by atoms with Gasteiger partial charge in [-0.1, -0.05) is 23.7 Å². The normalized spacial score (nSPS) is 19.2. The largest absolute Gasteiger partial charge is 0.454 e. The summed E-state index contributed by atoms with van der Waals surface area (Å²) in [7, 11) is -2.48. The van der Waals surface area contributed by atoms with E-state index in [9.17, 15) is 9.46 Å². The van der Waals surface area contributed by atoms with Crippen molar-refractivity contribution < 1.29 is 18.7 Å². The van der Waals surface area contributed by atoms with Gasteiger partial charge in [-0.3, -0.25) is 0 Å². The number of hydrogen-bond acceptors (Lipinski definition) is 5. The molecule has 0 aliphatic carbocycles. The van der Waals surface area contributed by atoms with Gasteiger partial charge in [0.15, 0.2) is 5.75 Å². The minimum atomic E-state index is -3.73. The molecule has 4 rings (SSSR count). The number of halogens is 1. The predicted molar refractivity (Wildman–Crippen MR) is 104 cm³/mol. The standard InChI is InChI=1S/C18H19ClN3O4P/c1-25-27(23,24)22-10-8-21(9-11-22)18-14-4-2-3-5-16(14)26-17-7-6-13(19)12-15(17)20-18/h2-7,12H,8-11H2,1H3,(H,23,24). The van der Waals surface area contributed by atoms with Gasteiger partial charge in [0.05, 0.1) is 5.56 Å². The van der Waals surface area contributed by atoms with Crippen molar-refractivity contribution in [2.24, 2.45) is 4.99 Å². The second-order valence-corrected chi connectivity index (χ2v) is 8.61. The molecule has 0 aromatic heterocycles. The van der Waals surface area contributed by atoms with Crippen molar-refractivity contribution in [1.82, 2.24) is 9.57 Å². The maximum Gasteiger partial charge on any atom is 0.405 e. The van der Waals surface area contributed by atoms with E-state index in [0.717, 1.165) is 11.4 Å². The van der Waals surface area contributed by atoms with Gasteiger partial charge in [0.2, 0.25) is 0 Å². The molecule has 27 heavy (non-hydrogen) atoms. The summed E-state index contributed by atoms with van der Waals surface area (Å²) in [4.78, 5) is 16.8. The van der Waals surface area contributed by atoms with Crippen molar-refractivity contribution in [3.8, 4) is 11.5 Å². The summed E-state index contributed by atoms with van der Waals surface area (Å²) >= 11 is 6.14. The SMILES string of the molecule is COP(=O)(O)N1CCN(C2=Nc3cc(Cl)ccc3Oc3ccccc32)CC1. The molecule has 0 amide bonds. The van der Waals surface area contributed by atoms with Crippen LogP contribution in [-0.2, 0) is 9.09 Å². The lowest BCUT2D eigenvalue weighted by atomic mass is 10.1. The summed E-state index contributed by atoms with van der Waals surface area (Å²) < 4.78 is 24.3. The van der Waals surface area contributed by atoms with Gasteiger partial charge in [-0.05, 0) is 30.3 Å². The van der Waals surface area contributed by atoms with E-state index in [4.69, 9.17) is 25.9 Å². The van der Waals surface area contributed by atoms with Gasteiger partial charge in [0.1, 0.15) is 17.3 Å². The molecule has 2 aromatic rings. The highest BCUT2D eigenvalue weighted by molar-refractivity contribution is 7.50. The summed E-state index contributed by atoms with van der Waals surface area (Å²) in [6.45, 7) is 1.87. The fourth-order valence-electron chi connectivity index (χ4n) is 3.21. The number of aliphatic imine (C=N–C) groups is 1. The van der Waals surface area contributed by atoms with Crippen molar-refractivity contribution >= 4 is 30.9 Å². The van der Waals surface area contributed by atoms with Crippen LogP contribution in [0.4, 0.5) is 5.69 Å². The van der Waals surface area contributed by atoms with E-state index < -0.39 is 7.75 Å². The lowest BCUT2D eigenvalue weighted by Crippen LogP contribution is -2.47. The zero-order valence-corrected chi connectivity index (χ0v) is 16.4. The molecule has 0 bridgehead atoms. The molecule has 1 fully saturated rings. The third kappa shape index (κ3) is 3.61. The highest BCUT2D eigenvalue weighted by Crippen LogP contribution is 2.46. The average Bonchev–Trinajstić information content (AvgIpc) is 2.84. The van der Waals surface area contributed by atoms with Gasteiger partial charge in [0, 0.05) is 38.3 Å². The van der Waals surface area contributed by atoms with E-state index in [-0.39, 0.29) is 0 Å². The molecule has 142 valence electrons. The second-order valence-electron chi connectivity index (χ2n) is 6.26. The van der Waals surface area contributed by atoms with Crippen molar-refractivity contribution in [2.45, 2.75) is 0 Å². The van der Waals surface area contributed by atoms with Crippen LogP contribution in [0, 0.1) is 0 Å². The lowest BCUT2D eigenvalue weighted by Gasteiger charge is -2.37. The van der Waals surface area contributed by atoms with Crippen LogP contribution in [0.15, 0.2) is 47.5 Å². The van der Waals surface area contributed by atoms with Gasteiger partial charge >= 0.3 is 7.75 Å². The Morgan fingerprint density at radius 1 is 1.15 bits per heavy atom. The van der Waals surface area contributed by atoms with E-state index in [0.29, 0.717) is 48.4 Å². The molecule has 1 atom stereocenters. The first-order valence-electron chi connectivity index (χ1n) is 8.52. The van der Waals surface area contributed by atoms with E-state index >= 15 is 0 Å². The lowest BCUT2D eigenvalue weighted by molar-refractivity contribution is 0.192. The predicted octanol–water partition coefficient (Wildman–Crippen LogP) is 3.89. The molecule has 2 aromatic carbocycles. The zero-order chi connectivity index (χ0) is 19.0. The number of piperazine rings is 1. The highest BCUT2D eigenvalue weighted by atomic mass is 35.5. The first-order chi connectivity index (χ1) is 13.0. The topological polar surface area (TPSA) is 74.6 Å². The molecule has 9 heteroatoms. The maximum atomic E-state index is 12.1. The Morgan fingerprint density at radius 3 is 2.63 bits per heavy atom. The molecule has 2 heterocycles. The van der Waals surface area contributed by atoms with Crippen molar-refractivity contribution in [1.29, 1.82) is 0 Å². The third-order valence-electron chi connectivity index (χ3n) is 4.65. The van der Waals surface area contributed by atoms with Crippen molar-refractivity contribution in [2.75, 3.05) is 33.3 Å². The molecule has 2 aliphatic heterocycles. The molecule has 0 saturated carbocycles. The Balaban J connectivity index is 1.70. The number of para-hydroxylation sites is 1. The van der Waals surface area contributed by atoms with E-state index in [1.807, 2.05) is 24.3 Å². The van der Waals surface area contributed by atoms with Crippen LogP contribution in [0.5, 0.6) is 11.5 Å². The molecular weight excluding hydrogens is 389 g/mol. The zero-order valence-electron chi connectivity index (χ0n) is 14.7. The minimum absolute atomic E-state index is 0.395. The van der Waals surface area contributed by atoms with Crippen LogP contribution in [0.25, 0.3) is 0 Å². The third-order valence-corrected chi connectivity index (χ3v) is 6.47. The van der Waals surface area contributed by atoms with E-state index in [1.165, 1.54) is 11.8 Å². The van der Waals surface area contributed by atoms with E-state index in [2.05, 4.69) is 4.90 Å². The quantitative estimate of drug-likeness (QED) is 0.761. The number of fused-ring (bicyclic) bond motifs is 2. The number of benzene rings is 2. The first-order valence-corrected chi connectivity index (χ1v) is 10.4. The molecule has 7 nitrogen and oxygen atoms in total. The number of hydrogen-bond donors (Lipinski definition) is 1. The summed E-state index contributed by atoms with van der Waals surface area (Å²) in [5.41, 5.74) is 1.53. The van der Waals surface area contributed by atoms with Crippen LogP contribution in [0.2, 0.25) is 5.02 Å². The molecule has 0 radical (unpaired) electrons. The van der Waals surface area contributed by atoms with Crippen LogP contribution >= 0.6 is 19.3 Å². The van der Waals surface area contributed by atoms with Crippen LogP contribution in [0.3, 0.4) is 0 Å². The Morgan fingerprint density at radius 2 is 1.89 bits per heavy atom. The van der Waals surface area contributed by atoms with E-state index in [1.54, 1.807) is 18.2 Å². The Labute approximate surface area is 162 Å². The number of amidine groups is 1. The fraction of sp³-hybridized carbons (Fsp3) is 0.278. The minimum Gasteiger partial charge on any atom is -0.454 e. The number of rotatable bonds is 2. The number of nitrogens with zero attached hydrogens (tertiary/aromatic N) is 3. The number of ether oxygens (including phenoxy) is 1. The molecule has 1 unspecified atom stereocenters. The van der Waals surface area contributed by atoms with Gasteiger partial charge in [0.25, 0.3) is 0 Å². The summed E-state index contributed by atoms with van der Waals surface area (Å²) in [6.07, 6.45) is 0. The molecule has 0 spiro atoms. The van der Waals surface area contributed by atoms with Gasteiger partial charge in [-0.2, -0.15) is 0 Å². The van der Waals surface area contributed by atoms with Crippen molar-refractivity contribution in [3.63, 3.8) is 0 Å². The molecule has 2 aliphatic rings. The summed E-state index contributed by atoms with van der Waals surface area (Å²) in [6, 6.07) is 13.1. The molecular formula is C18H19ClN3O4P. The summed E-state index contributed by atoms with van der Waals surface area (Å²) in [5, 5.41) is 0.581. The Kier molecular flexibility index (Phi) is 4.97. The van der Waals surface area contributed by atoms with Crippen LogP contribution in [0.1, 0.15) is 5.56 Å². The fourth-order valence-corrected chi connectivity index (χ4v) is 4.30. The summed E-state index contributed by atoms with van der Waals surface area (Å²) in [5.74, 6) is 2.11. The molecule has 1 N–H and O–H groups in total. The average molecular weight is 408 g/mol. The van der Waals surface area contributed by atoms with Crippen LogP contribution < -0.4 is 4.74 Å². The van der Waals surface area contributed by atoms with Gasteiger partial charge in [-0.25, -0.2) is 14.2 Å².